The molecule has 4 rings (SSSR count). The Hall–Kier alpha value is -2.77. The minimum atomic E-state index is -6.00. The lowest BCUT2D eigenvalue weighted by molar-refractivity contribution is 0.321. The van der Waals surface area contributed by atoms with Gasteiger partial charge >= 0.3 is 14.5 Å². The smallest absolute Gasteiger partial charge is 0.418 e. The highest BCUT2D eigenvalue weighted by Gasteiger charge is 2.56. The molecule has 0 bridgehead atoms. The lowest BCUT2D eigenvalue weighted by Gasteiger charge is -2.34. The predicted octanol–water partition coefficient (Wildman–Crippen LogP) is 6.87. The Labute approximate surface area is 247 Å². The molecule has 0 aliphatic rings. The van der Waals surface area contributed by atoms with E-state index in [0.717, 1.165) is 18.2 Å². The molecule has 43 heavy (non-hydrogen) atoms. The fourth-order valence-corrected chi connectivity index (χ4v) is 17.2. The molecule has 0 amide bonds. The zero-order valence-corrected chi connectivity index (χ0v) is 24.8. The van der Waals surface area contributed by atoms with Crippen molar-refractivity contribution in [2.75, 3.05) is 31.4 Å². The van der Waals surface area contributed by atoms with Crippen molar-refractivity contribution in [1.29, 1.82) is 0 Å². The number of aliphatic hydroxyl groups is 2. The molecule has 0 saturated carbocycles. The maximum absolute atomic E-state index is 10.4. The van der Waals surface area contributed by atoms with Crippen molar-refractivity contribution in [1.82, 2.24) is 0 Å². The number of hydrogen-bond acceptors (Lipinski definition) is 2. The van der Waals surface area contributed by atoms with Crippen molar-refractivity contribution in [3.8, 4) is 0 Å². The van der Waals surface area contributed by atoms with E-state index in [1.807, 2.05) is 0 Å². The Bertz CT molecular complexity index is 1120. The SMILES string of the molecule is F[B-](F)(F)F.F[B-](F)(F)F.OCC[P+](C[P+](CCO)(c1ccccc1)c1ccccc1)(c1ccccc1)c1ccccc1. The van der Waals surface area contributed by atoms with E-state index in [2.05, 4.69) is 121 Å². The molecule has 0 aliphatic carbocycles. The average molecular weight is 648 g/mol. The second kappa shape index (κ2) is 16.9. The van der Waals surface area contributed by atoms with E-state index in [0.29, 0.717) is 0 Å². The molecular formula is C29H32B2F8O2P2. The predicted molar refractivity (Wildman–Crippen MR) is 167 cm³/mol. The molecule has 0 spiro atoms. The molecule has 0 heterocycles. The molecule has 4 aromatic carbocycles. The molecule has 0 unspecified atom stereocenters. The molecule has 2 N–H and O–H groups in total. The summed E-state index contributed by atoms with van der Waals surface area (Å²) >= 11 is 0. The van der Waals surface area contributed by atoms with Crippen molar-refractivity contribution in [2.24, 2.45) is 0 Å². The molecule has 0 aromatic heterocycles. The van der Waals surface area contributed by atoms with Crippen LogP contribution in [-0.2, 0) is 0 Å². The van der Waals surface area contributed by atoms with Crippen LogP contribution in [0.3, 0.4) is 0 Å². The van der Waals surface area contributed by atoms with E-state index < -0.39 is 29.0 Å². The summed E-state index contributed by atoms with van der Waals surface area (Å²) in [6.45, 7) is 0.278. The Morgan fingerprint density at radius 1 is 0.395 bits per heavy atom. The van der Waals surface area contributed by atoms with Crippen molar-refractivity contribution in [3.05, 3.63) is 121 Å². The normalized spacial score (nSPS) is 12.0. The second-order valence-corrected chi connectivity index (χ2v) is 17.3. The number of aliphatic hydroxyl groups excluding tert-OH is 2. The third kappa shape index (κ3) is 12.0. The first-order chi connectivity index (χ1) is 20.2. The van der Waals surface area contributed by atoms with E-state index >= 15 is 0 Å². The van der Waals surface area contributed by atoms with Crippen molar-refractivity contribution in [2.45, 2.75) is 0 Å². The number of hydrogen-bond donors (Lipinski definition) is 2. The van der Waals surface area contributed by atoms with Gasteiger partial charge in [0, 0.05) is 0 Å². The van der Waals surface area contributed by atoms with Gasteiger partial charge in [0.2, 0.25) is 0 Å². The van der Waals surface area contributed by atoms with Gasteiger partial charge in [-0.05, 0) is 48.5 Å². The summed E-state index contributed by atoms with van der Waals surface area (Å²) in [5, 5.41) is 26.0. The minimum Gasteiger partial charge on any atom is -0.418 e. The maximum Gasteiger partial charge on any atom is 0.673 e. The molecule has 0 radical (unpaired) electrons. The van der Waals surface area contributed by atoms with Gasteiger partial charge < -0.3 is 44.7 Å². The van der Waals surface area contributed by atoms with Gasteiger partial charge in [0.15, 0.2) is 5.90 Å². The Morgan fingerprint density at radius 2 is 0.581 bits per heavy atom. The van der Waals surface area contributed by atoms with Crippen LogP contribution in [0.5, 0.6) is 0 Å². The topological polar surface area (TPSA) is 40.5 Å². The minimum absolute atomic E-state index is 0.139. The van der Waals surface area contributed by atoms with Crippen LogP contribution in [0.25, 0.3) is 0 Å². The summed E-state index contributed by atoms with van der Waals surface area (Å²) < 4.78 is 78.0. The molecule has 4 aromatic rings. The van der Waals surface area contributed by atoms with Crippen LogP contribution >= 0.6 is 14.5 Å². The van der Waals surface area contributed by atoms with E-state index in [4.69, 9.17) is 0 Å². The summed E-state index contributed by atoms with van der Waals surface area (Å²) in [5.41, 5.74) is 0. The Morgan fingerprint density at radius 3 is 0.744 bits per heavy atom. The molecule has 14 heteroatoms. The standard InChI is InChI=1S/C29H32O2P2.2BF4/c30-21-23-32(26-13-5-1-6-14-26,27-15-7-2-8-16-27)25-33(24-22-31,28-17-9-3-10-18-28)29-19-11-4-12-20-29;2*2-1(3,4)5/h1-20,30-31H,21-25H2;;/q+2;2*-1. The largest absolute Gasteiger partial charge is 0.673 e. The highest BCUT2D eigenvalue weighted by Crippen LogP contribution is 2.71. The molecular weight excluding hydrogens is 616 g/mol. The van der Waals surface area contributed by atoms with Gasteiger partial charge in [-0.2, -0.15) is 0 Å². The van der Waals surface area contributed by atoms with Gasteiger partial charge in [0.05, 0.1) is 25.5 Å². The summed E-state index contributed by atoms with van der Waals surface area (Å²) in [7, 11) is -16.0. The van der Waals surface area contributed by atoms with Crippen LogP contribution in [0.2, 0.25) is 0 Å². The number of halogens is 8. The van der Waals surface area contributed by atoms with Crippen LogP contribution in [0.15, 0.2) is 121 Å². The number of benzene rings is 4. The molecule has 2 nitrogen and oxygen atoms in total. The lowest BCUT2D eigenvalue weighted by Crippen LogP contribution is -2.36. The first-order valence-corrected chi connectivity index (χ1v) is 17.5. The van der Waals surface area contributed by atoms with Crippen LogP contribution in [-0.4, -0.2) is 56.2 Å². The quantitative estimate of drug-likeness (QED) is 0.112. The monoisotopic (exact) mass is 648 g/mol. The first-order valence-electron chi connectivity index (χ1n) is 13.2. The van der Waals surface area contributed by atoms with Gasteiger partial charge in [0.1, 0.15) is 35.7 Å². The van der Waals surface area contributed by atoms with E-state index in [1.165, 1.54) is 21.2 Å². The molecule has 0 atom stereocenters. The Kier molecular flexibility index (Phi) is 14.3. The van der Waals surface area contributed by atoms with Crippen molar-refractivity contribution in [3.63, 3.8) is 0 Å². The van der Waals surface area contributed by atoms with Gasteiger partial charge in [-0.25, -0.2) is 0 Å². The third-order valence-corrected chi connectivity index (χ3v) is 17.4. The van der Waals surface area contributed by atoms with Crippen LogP contribution in [0, 0.1) is 0 Å². The van der Waals surface area contributed by atoms with Gasteiger partial charge in [0.25, 0.3) is 0 Å². The third-order valence-electron chi connectivity index (χ3n) is 6.45. The maximum atomic E-state index is 10.4. The molecule has 0 saturated heterocycles. The van der Waals surface area contributed by atoms with Crippen molar-refractivity contribution >= 4 is 50.3 Å². The van der Waals surface area contributed by atoms with Gasteiger partial charge in [-0.3, -0.25) is 0 Å². The zero-order valence-electron chi connectivity index (χ0n) is 23.0. The van der Waals surface area contributed by atoms with Gasteiger partial charge in [-0.15, -0.1) is 0 Å². The fraction of sp³-hybridized carbons (Fsp3) is 0.172. The van der Waals surface area contributed by atoms with Gasteiger partial charge in [-0.1, -0.05) is 72.8 Å². The summed E-state index contributed by atoms with van der Waals surface area (Å²) in [5.74, 6) is 0.948. The van der Waals surface area contributed by atoms with E-state index in [-0.39, 0.29) is 13.2 Å². The summed E-state index contributed by atoms with van der Waals surface area (Å²) in [6, 6.07) is 43.0. The van der Waals surface area contributed by atoms with Crippen LogP contribution in [0.1, 0.15) is 0 Å². The van der Waals surface area contributed by atoms with Crippen LogP contribution in [0.4, 0.5) is 34.5 Å². The summed E-state index contributed by atoms with van der Waals surface area (Å²) in [6.07, 6.45) is 1.46. The first kappa shape index (κ1) is 36.4. The van der Waals surface area contributed by atoms with E-state index in [9.17, 15) is 44.7 Å². The molecule has 0 fully saturated rings. The average Bonchev–Trinajstić information content (AvgIpc) is 2.97. The lowest BCUT2D eigenvalue weighted by atomic mass is 10.3. The van der Waals surface area contributed by atoms with Crippen molar-refractivity contribution < 1.29 is 44.7 Å². The fourth-order valence-electron chi connectivity index (χ4n) is 4.89. The number of rotatable bonds is 10. The highest BCUT2D eigenvalue weighted by atomic mass is 31.2. The van der Waals surface area contributed by atoms with E-state index in [1.54, 1.807) is 0 Å². The highest BCUT2D eigenvalue weighted by molar-refractivity contribution is 8.04. The molecule has 0 aliphatic heterocycles. The summed E-state index contributed by atoms with van der Waals surface area (Å²) in [4.78, 5) is 0. The second-order valence-electron chi connectivity index (χ2n) is 9.30. The zero-order chi connectivity index (χ0) is 32.0. The van der Waals surface area contributed by atoms with Crippen LogP contribution < -0.4 is 21.2 Å². The Balaban J connectivity index is 0.000000559. The molecule has 232 valence electrons.